The normalized spacial score (nSPS) is 19.2. The summed E-state index contributed by atoms with van der Waals surface area (Å²) in [6, 6.07) is 22.6. The van der Waals surface area contributed by atoms with Crippen LogP contribution in [0, 0.1) is 11.3 Å². The molecule has 0 aromatic heterocycles. The molecule has 0 heterocycles. The molecule has 198 valence electrons. The number of carbonyl (C=O) groups excluding carboxylic acids is 1. The summed E-state index contributed by atoms with van der Waals surface area (Å²) in [4.78, 5) is 23.5. The molecule has 0 spiro atoms. The van der Waals surface area contributed by atoms with Crippen LogP contribution in [0.25, 0.3) is 11.1 Å². The van der Waals surface area contributed by atoms with Gasteiger partial charge in [0.15, 0.2) is 5.78 Å². The Hall–Kier alpha value is -3.40. The fraction of sp³-hybridized carbons (Fsp3) is 0.412. The number of ketones is 1. The molecule has 38 heavy (non-hydrogen) atoms. The summed E-state index contributed by atoms with van der Waals surface area (Å²) < 4.78 is 6.26. The van der Waals surface area contributed by atoms with Gasteiger partial charge in [0.25, 0.3) is 0 Å². The predicted octanol–water partition coefficient (Wildman–Crippen LogP) is 8.40. The number of carboxylic acid groups (broad SMARTS) is 1. The van der Waals surface area contributed by atoms with E-state index in [1.165, 1.54) is 24.0 Å². The van der Waals surface area contributed by atoms with Crippen molar-refractivity contribution >= 4 is 11.8 Å². The number of Topliss-reactive ketones (excluding diaryl/α,β-unsaturated/α-hetero) is 1. The van der Waals surface area contributed by atoms with Gasteiger partial charge < -0.3 is 9.84 Å². The lowest BCUT2D eigenvalue weighted by atomic mass is 9.75. The highest BCUT2D eigenvalue weighted by Crippen LogP contribution is 2.51. The van der Waals surface area contributed by atoms with Gasteiger partial charge in [-0.3, -0.25) is 9.59 Å². The molecule has 0 aliphatic heterocycles. The van der Waals surface area contributed by atoms with Crippen LogP contribution >= 0.6 is 0 Å². The van der Waals surface area contributed by atoms with Gasteiger partial charge in [0.2, 0.25) is 0 Å². The number of benzene rings is 3. The zero-order valence-corrected chi connectivity index (χ0v) is 22.7. The first-order valence-corrected chi connectivity index (χ1v) is 13.9. The molecule has 0 saturated heterocycles. The van der Waals surface area contributed by atoms with Crippen molar-refractivity contribution in [2.75, 3.05) is 0 Å². The van der Waals surface area contributed by atoms with E-state index >= 15 is 0 Å². The van der Waals surface area contributed by atoms with Crippen molar-refractivity contribution in [2.45, 2.75) is 77.7 Å². The second-order valence-electron chi connectivity index (χ2n) is 11.9. The van der Waals surface area contributed by atoms with Crippen LogP contribution in [0.4, 0.5) is 0 Å². The topological polar surface area (TPSA) is 63.6 Å². The molecule has 3 aromatic rings. The number of carbonyl (C=O) groups is 2. The third-order valence-corrected chi connectivity index (χ3v) is 8.61. The number of rotatable bonds is 10. The highest BCUT2D eigenvalue weighted by molar-refractivity contribution is 5.95. The van der Waals surface area contributed by atoms with E-state index < -0.39 is 5.97 Å². The third-order valence-electron chi connectivity index (χ3n) is 8.61. The number of hydrogen-bond acceptors (Lipinski definition) is 3. The summed E-state index contributed by atoms with van der Waals surface area (Å²) >= 11 is 0. The second kappa shape index (κ2) is 10.8. The quantitative estimate of drug-likeness (QED) is 0.278. The van der Waals surface area contributed by atoms with Gasteiger partial charge in [-0.2, -0.15) is 0 Å². The largest absolute Gasteiger partial charge is 0.489 e. The standard InChI is InChI=1S/C34H38O4/c1-22(35)25-7-4-8-26(18-25)29-15-12-23(17-31(29)32-11-6-16-34(32,2)3)21-38-28-10-5-9-27(19-28)30(20-33(36)37)24-13-14-24/h4-5,7-10,12,15,17-19,24,30,32H,6,11,13-14,16,20-21H2,1-3H3,(H,36,37)/t30-,32-/m0/s1. The average molecular weight is 511 g/mol. The smallest absolute Gasteiger partial charge is 0.303 e. The maximum absolute atomic E-state index is 12.1. The number of carboxylic acids is 1. The molecule has 2 atom stereocenters. The van der Waals surface area contributed by atoms with E-state index in [0.29, 0.717) is 18.4 Å². The van der Waals surface area contributed by atoms with E-state index in [0.717, 1.165) is 47.3 Å². The molecular weight excluding hydrogens is 472 g/mol. The fourth-order valence-electron chi connectivity index (χ4n) is 6.31. The number of hydrogen-bond donors (Lipinski definition) is 1. The summed E-state index contributed by atoms with van der Waals surface area (Å²) in [5.74, 6) is 1.07. The van der Waals surface area contributed by atoms with Crippen LogP contribution in [0.5, 0.6) is 5.75 Å². The zero-order chi connectivity index (χ0) is 26.9. The summed E-state index contributed by atoms with van der Waals surface area (Å²) in [6.45, 7) is 6.79. The Morgan fingerprint density at radius 3 is 2.47 bits per heavy atom. The summed E-state index contributed by atoms with van der Waals surface area (Å²) in [6.07, 6.45) is 5.95. The Balaban J connectivity index is 1.42. The Bertz CT molecular complexity index is 1330. The van der Waals surface area contributed by atoms with Crippen molar-refractivity contribution in [3.8, 4) is 16.9 Å². The molecule has 4 heteroatoms. The van der Waals surface area contributed by atoms with Crippen molar-refractivity contribution in [3.05, 3.63) is 89.0 Å². The maximum atomic E-state index is 12.1. The van der Waals surface area contributed by atoms with Gasteiger partial charge in [-0.25, -0.2) is 0 Å². The lowest BCUT2D eigenvalue weighted by Crippen LogP contribution is -2.16. The molecular formula is C34H38O4. The molecule has 4 nitrogen and oxygen atoms in total. The van der Waals surface area contributed by atoms with Gasteiger partial charge in [0.1, 0.15) is 12.4 Å². The Kier molecular flexibility index (Phi) is 7.43. The van der Waals surface area contributed by atoms with Crippen LogP contribution in [-0.4, -0.2) is 16.9 Å². The predicted molar refractivity (Wildman–Crippen MR) is 151 cm³/mol. The first-order valence-electron chi connectivity index (χ1n) is 13.9. The third kappa shape index (κ3) is 5.85. The minimum Gasteiger partial charge on any atom is -0.489 e. The Labute approximate surface area is 226 Å². The van der Waals surface area contributed by atoms with Gasteiger partial charge in [0.05, 0.1) is 6.42 Å². The van der Waals surface area contributed by atoms with Crippen LogP contribution in [-0.2, 0) is 11.4 Å². The van der Waals surface area contributed by atoms with Crippen LogP contribution in [0.3, 0.4) is 0 Å². The highest BCUT2D eigenvalue weighted by atomic mass is 16.5. The molecule has 1 N–H and O–H groups in total. The van der Waals surface area contributed by atoms with Crippen molar-refractivity contribution in [3.63, 3.8) is 0 Å². The maximum Gasteiger partial charge on any atom is 0.303 e. The monoisotopic (exact) mass is 510 g/mol. The van der Waals surface area contributed by atoms with E-state index in [4.69, 9.17) is 4.74 Å². The van der Waals surface area contributed by atoms with Crippen LogP contribution in [0.2, 0.25) is 0 Å². The molecule has 2 aliphatic carbocycles. The summed E-state index contributed by atoms with van der Waals surface area (Å²) in [7, 11) is 0. The number of aliphatic carboxylic acids is 1. The van der Waals surface area contributed by atoms with Gasteiger partial charge in [-0.1, -0.05) is 68.8 Å². The highest BCUT2D eigenvalue weighted by Gasteiger charge is 2.37. The van der Waals surface area contributed by atoms with Gasteiger partial charge in [-0.15, -0.1) is 0 Å². The molecule has 0 unspecified atom stereocenters. The van der Waals surface area contributed by atoms with Crippen LogP contribution < -0.4 is 4.74 Å². The SMILES string of the molecule is CC(=O)c1cccc(-c2ccc(COc3cccc([C@@H](CC(=O)O)C4CC4)c3)cc2[C@@H]2CCCC2(C)C)c1. The van der Waals surface area contributed by atoms with Crippen LogP contribution in [0.15, 0.2) is 66.7 Å². The van der Waals surface area contributed by atoms with E-state index in [1.54, 1.807) is 6.92 Å². The average Bonchev–Trinajstić information content (AvgIpc) is 3.68. The van der Waals surface area contributed by atoms with Crippen molar-refractivity contribution in [1.29, 1.82) is 0 Å². The number of ether oxygens (including phenoxy) is 1. The van der Waals surface area contributed by atoms with Gasteiger partial charge in [0, 0.05) is 5.56 Å². The van der Waals surface area contributed by atoms with E-state index in [2.05, 4.69) is 38.1 Å². The summed E-state index contributed by atoms with van der Waals surface area (Å²) in [5, 5.41) is 9.39. The van der Waals surface area contributed by atoms with Gasteiger partial charge in [-0.05, 0) is 102 Å². The second-order valence-corrected chi connectivity index (χ2v) is 11.9. The van der Waals surface area contributed by atoms with E-state index in [-0.39, 0.29) is 23.5 Å². The molecule has 2 aliphatic rings. The zero-order valence-electron chi connectivity index (χ0n) is 22.7. The Morgan fingerprint density at radius 1 is 1.00 bits per heavy atom. The van der Waals surface area contributed by atoms with Crippen molar-refractivity contribution in [2.24, 2.45) is 11.3 Å². The fourth-order valence-corrected chi connectivity index (χ4v) is 6.31. The Morgan fingerprint density at radius 2 is 1.79 bits per heavy atom. The van der Waals surface area contributed by atoms with E-state index in [9.17, 15) is 14.7 Å². The van der Waals surface area contributed by atoms with Gasteiger partial charge >= 0.3 is 5.97 Å². The summed E-state index contributed by atoms with van der Waals surface area (Å²) in [5.41, 5.74) is 6.73. The lowest BCUT2D eigenvalue weighted by molar-refractivity contribution is -0.137. The molecule has 0 radical (unpaired) electrons. The van der Waals surface area contributed by atoms with E-state index in [1.807, 2.05) is 42.5 Å². The molecule has 2 saturated carbocycles. The first-order chi connectivity index (χ1) is 18.2. The molecule has 5 rings (SSSR count). The minimum absolute atomic E-state index is 0.0531. The lowest BCUT2D eigenvalue weighted by Gasteiger charge is -2.30. The molecule has 3 aromatic carbocycles. The first kappa shape index (κ1) is 26.2. The van der Waals surface area contributed by atoms with Crippen LogP contribution in [0.1, 0.15) is 98.2 Å². The molecule has 0 bridgehead atoms. The van der Waals surface area contributed by atoms with Crippen molar-refractivity contribution in [1.82, 2.24) is 0 Å². The molecule has 2 fully saturated rings. The molecule has 0 amide bonds. The minimum atomic E-state index is -0.746. The van der Waals surface area contributed by atoms with Crippen molar-refractivity contribution < 1.29 is 19.4 Å².